The van der Waals surface area contributed by atoms with Crippen molar-refractivity contribution in [1.82, 2.24) is 5.32 Å². The Morgan fingerprint density at radius 1 is 0.444 bits per heavy atom. The summed E-state index contributed by atoms with van der Waals surface area (Å²) >= 11 is 0. The van der Waals surface area contributed by atoms with E-state index in [9.17, 15) is 19.8 Å². The van der Waals surface area contributed by atoms with Crippen LogP contribution in [0.5, 0.6) is 0 Å². The maximum absolute atomic E-state index is 12.4. The van der Waals surface area contributed by atoms with E-state index in [0.29, 0.717) is 25.9 Å². The quantitative estimate of drug-likeness (QED) is 0.0321. The van der Waals surface area contributed by atoms with Crippen LogP contribution >= 0.6 is 0 Å². The zero-order valence-electron chi connectivity index (χ0n) is 42.1. The largest absolute Gasteiger partial charge is 0.465 e. The van der Waals surface area contributed by atoms with E-state index in [4.69, 9.17) is 4.74 Å². The molecule has 0 aliphatic rings. The standard InChI is InChI=1S/C57H107NO5/c1-3-5-7-9-11-13-14-15-16-25-28-31-35-39-43-47-51-57(62)63-52-48-44-40-36-32-29-26-23-21-19-17-18-20-22-24-27-30-34-38-42-46-50-56(61)58-54(53-59)55(60)49-45-41-37-33-12-10-8-6-4-2/h16,25,29,32,40,44,54-55,59-60H,3-15,17-24,26-28,30-31,33-39,41-43,45-53H2,1-2H3,(H,58,61)/b25-16-,32-29-,44-40-. The van der Waals surface area contributed by atoms with Gasteiger partial charge in [-0.05, 0) is 70.6 Å². The van der Waals surface area contributed by atoms with Crippen LogP contribution in [0.1, 0.15) is 290 Å². The van der Waals surface area contributed by atoms with Crippen LogP contribution in [0.4, 0.5) is 0 Å². The number of nitrogens with one attached hydrogen (secondary N) is 1. The van der Waals surface area contributed by atoms with E-state index in [1.54, 1.807) is 0 Å². The minimum atomic E-state index is -0.665. The van der Waals surface area contributed by atoms with Crippen molar-refractivity contribution in [2.75, 3.05) is 13.2 Å². The SMILES string of the molecule is CCCCCCCCC/C=C\CCCCCCCC(=O)OCC/C=C\C/C=C\CCCCCCCCCCCCCCCCC(=O)NC(CO)C(O)CCCCCCCCCCC. The molecule has 63 heavy (non-hydrogen) atoms. The van der Waals surface area contributed by atoms with Crippen LogP contribution in [0.2, 0.25) is 0 Å². The zero-order chi connectivity index (χ0) is 45.8. The molecule has 0 aromatic carbocycles. The molecule has 0 spiro atoms. The topological polar surface area (TPSA) is 95.9 Å². The van der Waals surface area contributed by atoms with Crippen molar-refractivity contribution in [1.29, 1.82) is 0 Å². The molecule has 6 heteroatoms. The Balaban J connectivity index is 3.44. The molecule has 0 radical (unpaired) electrons. The second kappa shape index (κ2) is 52.7. The molecule has 1 amide bonds. The molecule has 0 aliphatic heterocycles. The van der Waals surface area contributed by atoms with Crippen LogP contribution in [0.3, 0.4) is 0 Å². The van der Waals surface area contributed by atoms with Crippen molar-refractivity contribution in [2.24, 2.45) is 0 Å². The molecule has 0 rings (SSSR count). The van der Waals surface area contributed by atoms with Gasteiger partial charge < -0.3 is 20.3 Å². The van der Waals surface area contributed by atoms with Gasteiger partial charge in [0.1, 0.15) is 0 Å². The third-order valence-corrected chi connectivity index (χ3v) is 12.7. The molecule has 370 valence electrons. The zero-order valence-corrected chi connectivity index (χ0v) is 42.1. The second-order valence-corrected chi connectivity index (χ2v) is 18.9. The van der Waals surface area contributed by atoms with Gasteiger partial charge in [-0.25, -0.2) is 0 Å². The Kier molecular flexibility index (Phi) is 51.1. The molecular weight excluding hydrogens is 779 g/mol. The van der Waals surface area contributed by atoms with Gasteiger partial charge in [0.25, 0.3) is 0 Å². The Morgan fingerprint density at radius 3 is 1.22 bits per heavy atom. The summed E-state index contributed by atoms with van der Waals surface area (Å²) in [6, 6.07) is -0.543. The number of aliphatic hydroxyl groups is 2. The summed E-state index contributed by atoms with van der Waals surface area (Å²) in [5.41, 5.74) is 0. The average Bonchev–Trinajstić information content (AvgIpc) is 3.28. The van der Waals surface area contributed by atoms with Crippen LogP contribution in [0.15, 0.2) is 36.5 Å². The molecule has 0 aromatic heterocycles. The fourth-order valence-corrected chi connectivity index (χ4v) is 8.41. The van der Waals surface area contributed by atoms with Gasteiger partial charge in [0.2, 0.25) is 5.91 Å². The number of carbonyl (C=O) groups excluding carboxylic acids is 2. The highest BCUT2D eigenvalue weighted by Crippen LogP contribution is 2.16. The molecule has 2 unspecified atom stereocenters. The van der Waals surface area contributed by atoms with Gasteiger partial charge >= 0.3 is 5.97 Å². The maximum atomic E-state index is 12.4. The van der Waals surface area contributed by atoms with Crippen molar-refractivity contribution in [3.63, 3.8) is 0 Å². The summed E-state index contributed by atoms with van der Waals surface area (Å²) in [6.07, 6.45) is 64.4. The minimum Gasteiger partial charge on any atom is -0.465 e. The first-order chi connectivity index (χ1) is 31.0. The lowest BCUT2D eigenvalue weighted by molar-refractivity contribution is -0.143. The summed E-state index contributed by atoms with van der Waals surface area (Å²) in [6.45, 7) is 4.81. The van der Waals surface area contributed by atoms with Gasteiger partial charge in [0.15, 0.2) is 0 Å². The molecule has 0 aromatic rings. The van der Waals surface area contributed by atoms with E-state index in [1.807, 2.05) is 0 Å². The number of hydrogen-bond donors (Lipinski definition) is 3. The number of ether oxygens (including phenoxy) is 1. The highest BCUT2D eigenvalue weighted by molar-refractivity contribution is 5.76. The summed E-state index contributed by atoms with van der Waals surface area (Å²) in [7, 11) is 0. The molecule has 0 bridgehead atoms. The Labute approximate surface area is 392 Å². The monoisotopic (exact) mass is 886 g/mol. The maximum Gasteiger partial charge on any atom is 0.305 e. The Bertz CT molecular complexity index is 1020. The third kappa shape index (κ3) is 49.4. The van der Waals surface area contributed by atoms with Crippen LogP contribution < -0.4 is 5.32 Å². The average molecular weight is 886 g/mol. The van der Waals surface area contributed by atoms with Gasteiger partial charge in [0, 0.05) is 12.8 Å². The highest BCUT2D eigenvalue weighted by Gasteiger charge is 2.20. The number of unbranched alkanes of at least 4 members (excludes halogenated alkanes) is 34. The molecule has 2 atom stereocenters. The summed E-state index contributed by atoms with van der Waals surface area (Å²) < 4.78 is 5.41. The predicted molar refractivity (Wildman–Crippen MR) is 273 cm³/mol. The summed E-state index contributed by atoms with van der Waals surface area (Å²) in [4.78, 5) is 24.4. The first-order valence-corrected chi connectivity index (χ1v) is 27.7. The number of hydrogen-bond acceptors (Lipinski definition) is 5. The third-order valence-electron chi connectivity index (χ3n) is 12.7. The number of aliphatic hydroxyl groups excluding tert-OH is 2. The van der Waals surface area contributed by atoms with Crippen LogP contribution in [-0.4, -0.2) is 47.4 Å². The van der Waals surface area contributed by atoms with Crippen molar-refractivity contribution in [3.8, 4) is 0 Å². The minimum absolute atomic E-state index is 0.0427. The second-order valence-electron chi connectivity index (χ2n) is 18.9. The molecule has 3 N–H and O–H groups in total. The van der Waals surface area contributed by atoms with Gasteiger partial charge in [-0.15, -0.1) is 0 Å². The normalized spacial score (nSPS) is 12.9. The summed E-state index contributed by atoms with van der Waals surface area (Å²) in [5, 5.41) is 23.1. The number of amides is 1. The van der Waals surface area contributed by atoms with Crippen LogP contribution in [0, 0.1) is 0 Å². The van der Waals surface area contributed by atoms with Gasteiger partial charge in [-0.1, -0.05) is 243 Å². The van der Waals surface area contributed by atoms with Gasteiger partial charge in [-0.2, -0.15) is 0 Å². The van der Waals surface area contributed by atoms with Crippen LogP contribution in [-0.2, 0) is 14.3 Å². The van der Waals surface area contributed by atoms with E-state index >= 15 is 0 Å². The molecule has 0 aliphatic carbocycles. The van der Waals surface area contributed by atoms with Crippen molar-refractivity contribution < 1.29 is 24.5 Å². The number of rotatable bonds is 51. The van der Waals surface area contributed by atoms with Crippen LogP contribution in [0.25, 0.3) is 0 Å². The van der Waals surface area contributed by atoms with E-state index in [2.05, 4.69) is 55.6 Å². The van der Waals surface area contributed by atoms with E-state index in [1.165, 1.54) is 205 Å². The molecular formula is C57H107NO5. The number of carbonyl (C=O) groups is 2. The summed E-state index contributed by atoms with van der Waals surface area (Å²) in [5.74, 6) is -0.0857. The fraction of sp³-hybridized carbons (Fsp3) is 0.860. The van der Waals surface area contributed by atoms with E-state index in [0.717, 1.165) is 51.4 Å². The first-order valence-electron chi connectivity index (χ1n) is 27.7. The predicted octanol–water partition coefficient (Wildman–Crippen LogP) is 16.9. The number of esters is 1. The lowest BCUT2D eigenvalue weighted by Gasteiger charge is -2.22. The molecule has 6 nitrogen and oxygen atoms in total. The lowest BCUT2D eigenvalue weighted by Crippen LogP contribution is -2.45. The smallest absolute Gasteiger partial charge is 0.305 e. The Hall–Kier alpha value is -1.92. The molecule has 0 heterocycles. The lowest BCUT2D eigenvalue weighted by atomic mass is 10.0. The highest BCUT2D eigenvalue weighted by atomic mass is 16.5. The molecule has 0 saturated carbocycles. The van der Waals surface area contributed by atoms with E-state index < -0.39 is 12.1 Å². The Morgan fingerprint density at radius 2 is 0.794 bits per heavy atom. The first kappa shape index (κ1) is 61.1. The molecule has 0 fully saturated rings. The number of allylic oxidation sites excluding steroid dienone is 5. The van der Waals surface area contributed by atoms with E-state index in [-0.39, 0.29) is 18.5 Å². The van der Waals surface area contributed by atoms with Crippen molar-refractivity contribution in [3.05, 3.63) is 36.5 Å². The van der Waals surface area contributed by atoms with Gasteiger partial charge in [-0.3, -0.25) is 9.59 Å². The fourth-order valence-electron chi connectivity index (χ4n) is 8.41. The van der Waals surface area contributed by atoms with Gasteiger partial charge in [0.05, 0.1) is 25.4 Å². The molecule has 0 saturated heterocycles. The van der Waals surface area contributed by atoms with Crippen molar-refractivity contribution in [2.45, 2.75) is 302 Å². The van der Waals surface area contributed by atoms with Crippen molar-refractivity contribution >= 4 is 11.9 Å².